The fraction of sp³-hybridized carbons (Fsp3) is 0.265. The Kier molecular flexibility index (Phi) is 6.76. The summed E-state index contributed by atoms with van der Waals surface area (Å²) >= 11 is 0. The molecule has 218 valence electrons. The zero-order valence-corrected chi connectivity index (χ0v) is 24.8. The molecule has 0 amide bonds. The molecule has 0 aromatic carbocycles. The van der Waals surface area contributed by atoms with E-state index in [1.54, 1.807) is 6.08 Å². The molecule has 43 heavy (non-hydrogen) atoms. The monoisotopic (exact) mass is 576 g/mol. The quantitative estimate of drug-likeness (QED) is 0.229. The van der Waals surface area contributed by atoms with Crippen molar-refractivity contribution in [3.63, 3.8) is 0 Å². The molecule has 1 atom stereocenters. The average Bonchev–Trinajstić information content (AvgIpc) is 3.61. The largest absolute Gasteiger partial charge is 0.481 e. The Morgan fingerprint density at radius 1 is 1.07 bits per heavy atom. The van der Waals surface area contributed by atoms with Crippen LogP contribution in [0.5, 0.6) is 0 Å². The van der Waals surface area contributed by atoms with Crippen molar-refractivity contribution >= 4 is 62.8 Å². The van der Waals surface area contributed by atoms with Crippen LogP contribution in [-0.4, -0.2) is 43.0 Å². The number of hydrogen-bond donors (Lipinski definition) is 3. The molecule has 0 aliphatic carbocycles. The number of H-pyrrole nitrogens is 2. The van der Waals surface area contributed by atoms with Crippen LogP contribution in [0, 0.1) is 13.8 Å². The number of carbonyl (C=O) groups excluding carboxylic acids is 2. The first-order valence-electron chi connectivity index (χ1n) is 14.3. The van der Waals surface area contributed by atoms with Crippen LogP contribution in [0.2, 0.25) is 0 Å². The molecule has 0 unspecified atom stereocenters. The SMILES string of the molecule is C=Cc1c(C)c2cc3nc(c4c5[nH]c(cc6nc(cc1[nH]2)C(C)=C6CC)c(C)c5C(=O)OC(=O)C4)/C(=C\CC(=O)O)[C@@H]3C. The molecule has 0 saturated carbocycles. The fourth-order valence-corrected chi connectivity index (χ4v) is 6.32. The first-order valence-corrected chi connectivity index (χ1v) is 14.3. The van der Waals surface area contributed by atoms with E-state index in [0.717, 1.165) is 51.1 Å². The number of allylic oxidation sites excluding steroid dienone is 3. The van der Waals surface area contributed by atoms with Gasteiger partial charge in [-0.15, -0.1) is 0 Å². The number of carbonyl (C=O) groups is 3. The Morgan fingerprint density at radius 3 is 2.49 bits per heavy atom. The number of aryl methyl sites for hydroxylation is 2. The number of rotatable bonds is 4. The van der Waals surface area contributed by atoms with Crippen molar-refractivity contribution in [3.8, 4) is 0 Å². The van der Waals surface area contributed by atoms with Gasteiger partial charge in [0.2, 0.25) is 0 Å². The zero-order chi connectivity index (χ0) is 30.7. The number of carboxylic acids is 1. The van der Waals surface area contributed by atoms with Gasteiger partial charge in [-0.25, -0.2) is 9.78 Å². The van der Waals surface area contributed by atoms with E-state index < -0.39 is 17.9 Å². The third kappa shape index (κ3) is 4.52. The first-order chi connectivity index (χ1) is 20.5. The molecular weight excluding hydrogens is 544 g/mol. The molecule has 0 fully saturated rings. The summed E-state index contributed by atoms with van der Waals surface area (Å²) in [5, 5.41) is 9.51. The number of nitrogens with zero attached hydrogens (tertiary/aromatic N) is 2. The summed E-state index contributed by atoms with van der Waals surface area (Å²) in [5.74, 6) is -2.70. The maximum atomic E-state index is 13.2. The van der Waals surface area contributed by atoms with Crippen molar-refractivity contribution in [1.29, 1.82) is 0 Å². The highest BCUT2D eigenvalue weighted by Gasteiger charge is 2.32. The number of hydrogen-bond acceptors (Lipinski definition) is 6. The van der Waals surface area contributed by atoms with Crippen LogP contribution < -0.4 is 0 Å². The van der Waals surface area contributed by atoms with Crippen molar-refractivity contribution in [3.05, 3.63) is 81.4 Å². The highest BCUT2D eigenvalue weighted by Crippen LogP contribution is 2.41. The first kappa shape index (κ1) is 28.1. The van der Waals surface area contributed by atoms with Crippen LogP contribution in [-0.2, 0) is 20.7 Å². The van der Waals surface area contributed by atoms with Gasteiger partial charge in [0.25, 0.3) is 0 Å². The number of carboxylic acid groups (broad SMARTS) is 1. The van der Waals surface area contributed by atoms with Gasteiger partial charge in [-0.1, -0.05) is 32.6 Å². The summed E-state index contributed by atoms with van der Waals surface area (Å²) in [6, 6.07) is 5.91. The second-order valence-electron chi connectivity index (χ2n) is 11.2. The number of aromatic nitrogens is 4. The number of nitrogens with one attached hydrogen (secondary N) is 2. The maximum absolute atomic E-state index is 13.2. The van der Waals surface area contributed by atoms with Gasteiger partial charge in [-0.05, 0) is 73.2 Å². The predicted molar refractivity (Wildman–Crippen MR) is 166 cm³/mol. The number of aromatic amines is 2. The summed E-state index contributed by atoms with van der Waals surface area (Å²) in [5.41, 5.74) is 11.7. The lowest BCUT2D eigenvalue weighted by Gasteiger charge is -2.08. The van der Waals surface area contributed by atoms with Crippen LogP contribution in [0.15, 0.2) is 30.9 Å². The average molecular weight is 577 g/mol. The van der Waals surface area contributed by atoms with Gasteiger partial charge in [0.1, 0.15) is 0 Å². The van der Waals surface area contributed by atoms with Crippen molar-refractivity contribution in [2.75, 3.05) is 0 Å². The minimum Gasteiger partial charge on any atom is -0.481 e. The van der Waals surface area contributed by atoms with Crippen LogP contribution in [0.1, 0.15) is 94.9 Å². The van der Waals surface area contributed by atoms with E-state index in [1.807, 2.05) is 45.0 Å². The van der Waals surface area contributed by atoms with Crippen molar-refractivity contribution in [1.82, 2.24) is 19.9 Å². The summed E-state index contributed by atoms with van der Waals surface area (Å²) in [7, 11) is 0. The lowest BCUT2D eigenvalue weighted by Crippen LogP contribution is -2.12. The summed E-state index contributed by atoms with van der Waals surface area (Å²) in [4.78, 5) is 54.6. The van der Waals surface area contributed by atoms with Crippen LogP contribution in [0.4, 0.5) is 0 Å². The molecule has 3 aromatic heterocycles. The summed E-state index contributed by atoms with van der Waals surface area (Å²) < 4.78 is 5.21. The second kappa shape index (κ2) is 10.3. The highest BCUT2D eigenvalue weighted by atomic mass is 16.6. The molecule has 3 aromatic rings. The molecular formula is C34H32N4O5. The third-order valence-corrected chi connectivity index (χ3v) is 8.70. The van der Waals surface area contributed by atoms with E-state index in [0.29, 0.717) is 39.1 Å². The Morgan fingerprint density at radius 2 is 1.79 bits per heavy atom. The van der Waals surface area contributed by atoms with Gasteiger partial charge in [0.15, 0.2) is 0 Å². The van der Waals surface area contributed by atoms with E-state index in [1.165, 1.54) is 0 Å². The van der Waals surface area contributed by atoms with Gasteiger partial charge in [-0.2, -0.15) is 0 Å². The van der Waals surface area contributed by atoms with E-state index >= 15 is 0 Å². The van der Waals surface area contributed by atoms with E-state index in [9.17, 15) is 19.5 Å². The smallest absolute Gasteiger partial charge is 0.348 e. The van der Waals surface area contributed by atoms with Crippen molar-refractivity contribution in [2.24, 2.45) is 0 Å². The number of esters is 2. The molecule has 8 bridgehead atoms. The molecule has 3 aliphatic heterocycles. The van der Waals surface area contributed by atoms with Crippen LogP contribution in [0.25, 0.3) is 44.9 Å². The Bertz CT molecular complexity index is 2020. The van der Waals surface area contributed by atoms with Gasteiger partial charge in [0.05, 0.1) is 46.7 Å². The Hall–Kier alpha value is -5.05. The zero-order valence-electron chi connectivity index (χ0n) is 24.8. The summed E-state index contributed by atoms with van der Waals surface area (Å²) in [6.07, 6.45) is 3.79. The van der Waals surface area contributed by atoms with Gasteiger partial charge >= 0.3 is 17.9 Å². The van der Waals surface area contributed by atoms with Gasteiger partial charge in [-0.3, -0.25) is 14.6 Å². The molecule has 9 heteroatoms. The Labute approximate surface area is 248 Å². The van der Waals surface area contributed by atoms with Gasteiger partial charge < -0.3 is 19.8 Å². The van der Waals surface area contributed by atoms with Crippen LogP contribution >= 0.6 is 0 Å². The molecule has 3 aliphatic rings. The number of aliphatic carboxylic acids is 1. The van der Waals surface area contributed by atoms with E-state index in [-0.39, 0.29) is 24.3 Å². The highest BCUT2D eigenvalue weighted by molar-refractivity contribution is 6.09. The fourth-order valence-electron chi connectivity index (χ4n) is 6.32. The molecule has 6 heterocycles. The molecule has 0 spiro atoms. The van der Waals surface area contributed by atoms with Gasteiger partial charge in [0, 0.05) is 33.6 Å². The topological polar surface area (TPSA) is 138 Å². The molecule has 0 saturated heterocycles. The third-order valence-electron chi connectivity index (χ3n) is 8.70. The number of ether oxygens (including phenoxy) is 1. The van der Waals surface area contributed by atoms with Crippen molar-refractivity contribution in [2.45, 2.75) is 59.8 Å². The lowest BCUT2D eigenvalue weighted by molar-refractivity contribution is -0.137. The van der Waals surface area contributed by atoms with Crippen molar-refractivity contribution < 1.29 is 24.2 Å². The maximum Gasteiger partial charge on any atom is 0.348 e. The lowest BCUT2D eigenvalue weighted by atomic mass is 9.93. The Balaban J connectivity index is 1.85. The molecule has 0 radical (unpaired) electrons. The number of fused-ring (bicyclic) bond motifs is 8. The summed E-state index contributed by atoms with van der Waals surface area (Å²) in [6.45, 7) is 14.0. The number of cyclic esters (lactones) is 2. The normalized spacial score (nSPS) is 17.3. The molecule has 9 nitrogen and oxygen atoms in total. The minimum atomic E-state index is -0.983. The van der Waals surface area contributed by atoms with E-state index in [4.69, 9.17) is 14.7 Å². The minimum absolute atomic E-state index is 0.208. The van der Waals surface area contributed by atoms with Crippen LogP contribution in [0.3, 0.4) is 0 Å². The molecule has 3 N–H and O–H groups in total. The second-order valence-corrected chi connectivity index (χ2v) is 11.2. The predicted octanol–water partition coefficient (Wildman–Crippen LogP) is 6.82. The van der Waals surface area contributed by atoms with E-state index in [2.05, 4.69) is 30.4 Å². The molecule has 6 rings (SSSR count). The standard InChI is InChI=1S/C34H32N4O5/c1-7-19-15(3)23-12-25-17(5)21(9-10-29(39)40)32(37-25)22-11-30(41)43-34(42)31-18(6)26(38-33(22)31)14-28-20(8-2)16(4)24(36-28)13-27(19)35-23/h7,9,12-14,17,35,38H,1,8,10-11H2,2-6H3,(H,39,40)/b21-9-,23-12?,24-13?,25-12?,26-14?,27-13?,28-14?,32-22?/t17-/m0/s1.